The summed E-state index contributed by atoms with van der Waals surface area (Å²) in [6.07, 6.45) is 2.36. The molecule has 1 saturated heterocycles. The number of nitrogens with one attached hydrogen (secondary N) is 1. The number of nitrogens with zero attached hydrogens (tertiary/aromatic N) is 4. The van der Waals surface area contributed by atoms with Crippen molar-refractivity contribution in [3.63, 3.8) is 0 Å². The van der Waals surface area contributed by atoms with Crippen molar-refractivity contribution in [3.8, 4) is 5.75 Å². The molecule has 2 heterocycles. The number of ether oxygens (including phenoxy) is 1. The number of nitrogens with two attached hydrogens (primary N) is 1. The molecule has 3 aromatic carbocycles. The van der Waals surface area contributed by atoms with Gasteiger partial charge in [-0.1, -0.05) is 44.2 Å². The van der Waals surface area contributed by atoms with Crippen LogP contribution in [0, 0.1) is 0 Å². The molecule has 5 rings (SSSR count). The van der Waals surface area contributed by atoms with Crippen LogP contribution in [0.5, 0.6) is 5.75 Å². The highest BCUT2D eigenvalue weighted by Crippen LogP contribution is 2.29. The van der Waals surface area contributed by atoms with Gasteiger partial charge in [0.05, 0.1) is 45.7 Å². The van der Waals surface area contributed by atoms with Crippen LogP contribution in [-0.4, -0.2) is 78.3 Å². The van der Waals surface area contributed by atoms with E-state index in [-0.39, 0.29) is 27.5 Å². The van der Waals surface area contributed by atoms with Crippen LogP contribution in [-0.2, 0) is 16.6 Å². The van der Waals surface area contributed by atoms with Gasteiger partial charge < -0.3 is 25.3 Å². The molecule has 12 heteroatoms. The third-order valence-corrected chi connectivity index (χ3v) is 9.44. The predicted octanol–water partition coefficient (Wildman–Crippen LogP) is 3.55. The van der Waals surface area contributed by atoms with E-state index in [1.165, 1.54) is 22.5 Å². The summed E-state index contributed by atoms with van der Waals surface area (Å²) in [4.78, 5) is 32.9. The number of aromatic nitrogens is 2. The lowest BCUT2D eigenvalue weighted by atomic mass is 10.1. The topological polar surface area (TPSA) is 140 Å². The fourth-order valence-corrected chi connectivity index (χ4v) is 6.58. The van der Waals surface area contributed by atoms with Gasteiger partial charge in [-0.25, -0.2) is 13.4 Å². The molecule has 1 aliphatic rings. The second-order valence-corrected chi connectivity index (χ2v) is 12.3. The van der Waals surface area contributed by atoms with Gasteiger partial charge in [0.25, 0.3) is 11.8 Å². The average Bonchev–Trinajstić information content (AvgIpc) is 3.40. The van der Waals surface area contributed by atoms with Crippen LogP contribution < -0.4 is 15.8 Å². The molecule has 0 saturated carbocycles. The number of imidazole rings is 1. The summed E-state index contributed by atoms with van der Waals surface area (Å²) in [7, 11) is -3.85. The van der Waals surface area contributed by atoms with Crippen LogP contribution in [0.15, 0.2) is 71.9 Å². The summed E-state index contributed by atoms with van der Waals surface area (Å²) in [5.74, 6) is -1.12. The van der Waals surface area contributed by atoms with Crippen molar-refractivity contribution in [2.24, 2.45) is 5.73 Å². The Morgan fingerprint density at radius 2 is 1.72 bits per heavy atom. The van der Waals surface area contributed by atoms with Gasteiger partial charge in [-0.05, 0) is 48.9 Å². The molecule has 1 aliphatic heterocycles. The molecule has 0 aliphatic carbocycles. The Balaban J connectivity index is 1.47. The van der Waals surface area contributed by atoms with E-state index in [0.29, 0.717) is 56.8 Å². The molecule has 0 bridgehead atoms. The van der Waals surface area contributed by atoms with Crippen molar-refractivity contribution in [3.05, 3.63) is 83.7 Å². The number of hydrogen-bond donors (Lipinski definition) is 2. The fraction of sp³-hybridized carbons (Fsp3) is 0.323. The van der Waals surface area contributed by atoms with E-state index in [9.17, 15) is 18.0 Å². The van der Waals surface area contributed by atoms with E-state index in [1.807, 2.05) is 48.7 Å². The van der Waals surface area contributed by atoms with Crippen LogP contribution in [0.25, 0.3) is 11.0 Å². The quantitative estimate of drug-likeness (QED) is 0.267. The Kier molecular flexibility index (Phi) is 9.09. The van der Waals surface area contributed by atoms with Gasteiger partial charge in [-0.2, -0.15) is 4.31 Å². The second-order valence-electron chi connectivity index (χ2n) is 10.4. The number of anilines is 1. The molecule has 0 spiro atoms. The third kappa shape index (κ3) is 6.56. The Morgan fingerprint density at radius 1 is 0.977 bits per heavy atom. The maximum atomic E-state index is 13.7. The van der Waals surface area contributed by atoms with Gasteiger partial charge in [-0.3, -0.25) is 9.59 Å². The lowest BCUT2D eigenvalue weighted by Gasteiger charge is -2.33. The minimum Gasteiger partial charge on any atom is -0.493 e. The van der Waals surface area contributed by atoms with Crippen molar-refractivity contribution < 1.29 is 22.7 Å². The highest BCUT2D eigenvalue weighted by Gasteiger charge is 2.30. The lowest BCUT2D eigenvalue weighted by molar-refractivity contribution is 0.100. The van der Waals surface area contributed by atoms with Crippen LogP contribution in [0.3, 0.4) is 0 Å². The monoisotopic (exact) mass is 604 g/mol. The largest absolute Gasteiger partial charge is 0.493 e. The summed E-state index contributed by atoms with van der Waals surface area (Å²) >= 11 is 0. The van der Waals surface area contributed by atoms with Gasteiger partial charge in [0.2, 0.25) is 10.0 Å². The van der Waals surface area contributed by atoms with E-state index in [1.54, 1.807) is 18.5 Å². The first-order valence-electron chi connectivity index (χ1n) is 14.3. The number of sulfonamides is 1. The van der Waals surface area contributed by atoms with Crippen molar-refractivity contribution in [2.45, 2.75) is 31.7 Å². The first kappa shape index (κ1) is 30.2. The molecule has 0 unspecified atom stereocenters. The van der Waals surface area contributed by atoms with Gasteiger partial charge >= 0.3 is 0 Å². The highest BCUT2D eigenvalue weighted by atomic mass is 32.2. The number of carbonyl (C=O) groups is 2. The molecule has 4 aromatic rings. The number of amides is 2. The van der Waals surface area contributed by atoms with Crippen molar-refractivity contribution in [1.82, 2.24) is 18.8 Å². The van der Waals surface area contributed by atoms with E-state index in [0.717, 1.165) is 12.1 Å². The Labute approximate surface area is 251 Å². The zero-order chi connectivity index (χ0) is 30.6. The third-order valence-electron chi connectivity index (χ3n) is 7.54. The molecule has 11 nitrogen and oxygen atoms in total. The van der Waals surface area contributed by atoms with Gasteiger partial charge in [0.1, 0.15) is 5.75 Å². The highest BCUT2D eigenvalue weighted by molar-refractivity contribution is 7.89. The minimum absolute atomic E-state index is 0.00308. The molecule has 226 valence electrons. The number of rotatable bonds is 11. The van der Waals surface area contributed by atoms with Crippen molar-refractivity contribution in [2.75, 3.05) is 44.6 Å². The zero-order valence-electron chi connectivity index (χ0n) is 24.3. The Bertz CT molecular complexity index is 1730. The number of fused-ring (bicyclic) bond motifs is 1. The van der Waals surface area contributed by atoms with Crippen molar-refractivity contribution >= 4 is 38.6 Å². The molecular formula is C31H36N6O5S. The number of carbonyl (C=O) groups excluding carboxylic acids is 2. The number of likely N-dealkylation sites (N-methyl/N-ethyl adjacent to an activating group) is 1. The number of primary amides is 1. The van der Waals surface area contributed by atoms with E-state index in [4.69, 9.17) is 10.5 Å². The molecule has 2 amide bonds. The maximum Gasteiger partial charge on any atom is 0.259 e. The van der Waals surface area contributed by atoms with Crippen LogP contribution in [0.1, 0.15) is 46.5 Å². The number of benzene rings is 3. The second kappa shape index (κ2) is 12.9. The van der Waals surface area contributed by atoms with Crippen LogP contribution in [0.2, 0.25) is 0 Å². The first-order valence-corrected chi connectivity index (χ1v) is 15.8. The van der Waals surface area contributed by atoms with E-state index < -0.39 is 21.8 Å². The molecule has 0 atom stereocenters. The molecule has 3 N–H and O–H groups in total. The standard InChI is InChI=1S/C31H36N6O5S/c1-3-16-42-29-11-10-23(43(40,41)37-14-12-35(4-2)13-15-37)17-25(29)31(39)34-26-19-27-28(18-24(26)30(32)38)36(21-33-27)20-22-8-6-5-7-9-22/h5-11,17-19,21H,3-4,12-16,20H2,1-2H3,(H2,32,38)(H,34,39). The molecule has 1 aromatic heterocycles. The Hall–Kier alpha value is -4.26. The summed E-state index contributed by atoms with van der Waals surface area (Å²) in [5, 5.41) is 2.76. The van der Waals surface area contributed by atoms with Gasteiger partial charge in [0, 0.05) is 32.7 Å². The lowest BCUT2D eigenvalue weighted by Crippen LogP contribution is -2.48. The summed E-state index contributed by atoms with van der Waals surface area (Å²) < 4.78 is 36.2. The first-order chi connectivity index (χ1) is 20.7. The van der Waals surface area contributed by atoms with E-state index >= 15 is 0 Å². The molecule has 43 heavy (non-hydrogen) atoms. The molecule has 0 radical (unpaired) electrons. The molecule has 1 fully saturated rings. The number of hydrogen-bond acceptors (Lipinski definition) is 7. The van der Waals surface area contributed by atoms with Crippen molar-refractivity contribution in [1.29, 1.82) is 0 Å². The smallest absolute Gasteiger partial charge is 0.259 e. The van der Waals surface area contributed by atoms with Crippen LogP contribution >= 0.6 is 0 Å². The Morgan fingerprint density at radius 3 is 2.40 bits per heavy atom. The molecular weight excluding hydrogens is 568 g/mol. The normalized spacial score (nSPS) is 14.6. The fourth-order valence-electron chi connectivity index (χ4n) is 5.13. The summed E-state index contributed by atoms with van der Waals surface area (Å²) in [6.45, 7) is 7.71. The SMILES string of the molecule is CCCOc1ccc(S(=O)(=O)N2CCN(CC)CC2)cc1C(=O)Nc1cc2ncn(Cc3ccccc3)c2cc1C(N)=O. The minimum atomic E-state index is -3.85. The average molecular weight is 605 g/mol. The maximum absolute atomic E-state index is 13.7. The van der Waals surface area contributed by atoms with E-state index in [2.05, 4.69) is 15.2 Å². The summed E-state index contributed by atoms with van der Waals surface area (Å²) in [5.41, 5.74) is 8.33. The van der Waals surface area contributed by atoms with Crippen LogP contribution in [0.4, 0.5) is 5.69 Å². The zero-order valence-corrected chi connectivity index (χ0v) is 25.1. The van der Waals surface area contributed by atoms with Gasteiger partial charge in [0.15, 0.2) is 0 Å². The number of piperazine rings is 1. The predicted molar refractivity (Wildman–Crippen MR) is 165 cm³/mol. The van der Waals surface area contributed by atoms with Gasteiger partial charge in [-0.15, -0.1) is 0 Å². The summed E-state index contributed by atoms with van der Waals surface area (Å²) in [6, 6.07) is 17.3.